The van der Waals surface area contributed by atoms with Gasteiger partial charge in [0.1, 0.15) is 10.8 Å². The van der Waals surface area contributed by atoms with Crippen LogP contribution in [0.1, 0.15) is 39.7 Å². The minimum absolute atomic E-state index is 0.155. The lowest BCUT2D eigenvalue weighted by Crippen LogP contribution is -2.22. The molecule has 1 aromatic heterocycles. The van der Waals surface area contributed by atoms with Crippen molar-refractivity contribution in [2.75, 3.05) is 11.9 Å². The zero-order chi connectivity index (χ0) is 18.8. The monoisotopic (exact) mass is 392 g/mol. The molecule has 1 aromatic carbocycles. The van der Waals surface area contributed by atoms with E-state index in [0.29, 0.717) is 27.3 Å². The molecule has 26 heavy (non-hydrogen) atoms. The van der Waals surface area contributed by atoms with Gasteiger partial charge < -0.3 is 15.8 Å². The Bertz CT molecular complexity index is 863. The van der Waals surface area contributed by atoms with Crippen molar-refractivity contribution < 1.29 is 14.3 Å². The Labute approximate surface area is 161 Å². The molecule has 7 heteroatoms. The van der Waals surface area contributed by atoms with Gasteiger partial charge in [0, 0.05) is 9.90 Å². The van der Waals surface area contributed by atoms with Crippen molar-refractivity contribution in [3.8, 4) is 5.75 Å². The van der Waals surface area contributed by atoms with Gasteiger partial charge in [-0.25, -0.2) is 0 Å². The van der Waals surface area contributed by atoms with Gasteiger partial charge in [-0.1, -0.05) is 18.5 Å². The highest BCUT2D eigenvalue weighted by Crippen LogP contribution is 2.39. The lowest BCUT2D eigenvalue weighted by molar-refractivity contribution is -0.118. The Morgan fingerprint density at radius 3 is 2.88 bits per heavy atom. The van der Waals surface area contributed by atoms with Gasteiger partial charge in [0.05, 0.1) is 5.56 Å². The van der Waals surface area contributed by atoms with E-state index in [0.717, 1.165) is 35.3 Å². The zero-order valence-corrected chi connectivity index (χ0v) is 16.3. The first kappa shape index (κ1) is 18.7. The molecule has 0 saturated heterocycles. The summed E-state index contributed by atoms with van der Waals surface area (Å²) in [5.41, 5.74) is 7.88. The molecule has 3 rings (SSSR count). The van der Waals surface area contributed by atoms with E-state index in [1.807, 2.05) is 6.92 Å². The number of carbonyl (C=O) groups is 2. The summed E-state index contributed by atoms with van der Waals surface area (Å²) in [6.07, 6.45) is 2.76. The molecule has 5 nitrogen and oxygen atoms in total. The average molecular weight is 393 g/mol. The number of nitrogens with two attached hydrogens (primary N) is 1. The quantitative estimate of drug-likeness (QED) is 0.808. The van der Waals surface area contributed by atoms with Crippen LogP contribution in [0, 0.1) is 12.8 Å². The predicted octanol–water partition coefficient (Wildman–Crippen LogP) is 3.95. The van der Waals surface area contributed by atoms with Crippen molar-refractivity contribution in [1.82, 2.24) is 0 Å². The van der Waals surface area contributed by atoms with Crippen LogP contribution in [-0.2, 0) is 17.6 Å². The maximum Gasteiger partial charge on any atom is 0.262 e. The summed E-state index contributed by atoms with van der Waals surface area (Å²) < 4.78 is 5.51. The van der Waals surface area contributed by atoms with Crippen LogP contribution in [0.15, 0.2) is 18.2 Å². The summed E-state index contributed by atoms with van der Waals surface area (Å²) in [6, 6.07) is 5.21. The molecule has 0 bridgehead atoms. The fraction of sp³-hybridized carbons (Fsp3) is 0.368. The molecule has 0 aliphatic heterocycles. The van der Waals surface area contributed by atoms with Crippen LogP contribution in [0.25, 0.3) is 0 Å². The van der Waals surface area contributed by atoms with Crippen LogP contribution in [0.5, 0.6) is 5.75 Å². The Morgan fingerprint density at radius 1 is 1.42 bits per heavy atom. The molecule has 0 radical (unpaired) electrons. The summed E-state index contributed by atoms with van der Waals surface area (Å²) in [5, 5.41) is 3.96. The number of fused-ring (bicyclic) bond motifs is 1. The molecule has 0 saturated carbocycles. The van der Waals surface area contributed by atoms with Gasteiger partial charge >= 0.3 is 0 Å². The molecule has 0 unspecified atom stereocenters. The number of thiophene rings is 1. The minimum Gasteiger partial charge on any atom is -0.484 e. The van der Waals surface area contributed by atoms with E-state index in [-0.39, 0.29) is 12.5 Å². The van der Waals surface area contributed by atoms with Crippen LogP contribution in [-0.4, -0.2) is 18.4 Å². The van der Waals surface area contributed by atoms with Gasteiger partial charge in [-0.05, 0) is 61.4 Å². The van der Waals surface area contributed by atoms with E-state index in [2.05, 4.69) is 12.2 Å². The number of hydrogen-bond donors (Lipinski definition) is 2. The Balaban J connectivity index is 1.71. The molecule has 2 aromatic rings. The molecule has 1 aliphatic carbocycles. The number of ether oxygens (including phenoxy) is 1. The molecule has 0 fully saturated rings. The van der Waals surface area contributed by atoms with E-state index < -0.39 is 5.91 Å². The average Bonchev–Trinajstić information content (AvgIpc) is 2.92. The first-order valence-corrected chi connectivity index (χ1v) is 9.67. The number of anilines is 1. The smallest absolute Gasteiger partial charge is 0.262 e. The SMILES string of the molecule is Cc1cc(OCC(=O)Nc2sc3c(c2C(N)=O)CC[C@H](C)C3)ccc1Cl. The number of rotatable bonds is 5. The largest absolute Gasteiger partial charge is 0.484 e. The molecule has 1 atom stereocenters. The lowest BCUT2D eigenvalue weighted by Gasteiger charge is -2.18. The van der Waals surface area contributed by atoms with Gasteiger partial charge in [0.15, 0.2) is 6.61 Å². The first-order chi connectivity index (χ1) is 12.3. The number of hydrogen-bond acceptors (Lipinski definition) is 4. The lowest BCUT2D eigenvalue weighted by atomic mass is 9.88. The van der Waals surface area contributed by atoms with Crippen molar-refractivity contribution in [2.24, 2.45) is 11.7 Å². The van der Waals surface area contributed by atoms with Crippen molar-refractivity contribution in [3.05, 3.63) is 44.8 Å². The number of primary amides is 1. The zero-order valence-electron chi connectivity index (χ0n) is 14.7. The molecule has 0 spiro atoms. The summed E-state index contributed by atoms with van der Waals surface area (Å²) in [7, 11) is 0. The van der Waals surface area contributed by atoms with Crippen LogP contribution in [0.4, 0.5) is 5.00 Å². The van der Waals surface area contributed by atoms with E-state index >= 15 is 0 Å². The third kappa shape index (κ3) is 4.02. The third-order valence-electron chi connectivity index (χ3n) is 4.51. The maximum absolute atomic E-state index is 12.3. The first-order valence-electron chi connectivity index (χ1n) is 8.48. The normalized spacial score (nSPS) is 16.0. The second-order valence-corrected chi connectivity index (χ2v) is 8.18. The van der Waals surface area contributed by atoms with Gasteiger partial charge in [0.2, 0.25) is 0 Å². The maximum atomic E-state index is 12.3. The fourth-order valence-corrected chi connectivity index (χ4v) is 4.67. The van der Waals surface area contributed by atoms with E-state index in [9.17, 15) is 9.59 Å². The van der Waals surface area contributed by atoms with Crippen molar-refractivity contribution in [2.45, 2.75) is 33.1 Å². The Kier molecular flexibility index (Phi) is 5.53. The molecule has 138 valence electrons. The highest BCUT2D eigenvalue weighted by Gasteiger charge is 2.27. The van der Waals surface area contributed by atoms with Gasteiger partial charge in [-0.2, -0.15) is 0 Å². The van der Waals surface area contributed by atoms with Crippen LogP contribution in [0.3, 0.4) is 0 Å². The second kappa shape index (κ2) is 7.68. The van der Waals surface area contributed by atoms with E-state index in [4.69, 9.17) is 22.1 Å². The van der Waals surface area contributed by atoms with Crippen LogP contribution < -0.4 is 15.8 Å². The molecular formula is C19H21ClN2O3S. The number of nitrogens with one attached hydrogen (secondary N) is 1. The van der Waals surface area contributed by atoms with Gasteiger partial charge in [0.25, 0.3) is 11.8 Å². The van der Waals surface area contributed by atoms with E-state index in [1.165, 1.54) is 11.3 Å². The van der Waals surface area contributed by atoms with E-state index in [1.54, 1.807) is 18.2 Å². The number of benzene rings is 1. The Hall–Kier alpha value is -2.05. The topological polar surface area (TPSA) is 81.4 Å². The number of aryl methyl sites for hydroxylation is 1. The molecule has 2 amide bonds. The molecule has 1 heterocycles. The number of halogens is 1. The van der Waals surface area contributed by atoms with Crippen LogP contribution >= 0.6 is 22.9 Å². The van der Waals surface area contributed by atoms with Crippen LogP contribution in [0.2, 0.25) is 5.02 Å². The standard InChI is InChI=1S/C19H21ClN2O3S/c1-10-3-5-13-15(7-10)26-19(17(13)18(21)24)22-16(23)9-25-12-4-6-14(20)11(2)8-12/h4,6,8,10H,3,5,7,9H2,1-2H3,(H2,21,24)(H,22,23)/t10-/m0/s1. The minimum atomic E-state index is -0.499. The fourth-order valence-electron chi connectivity index (χ4n) is 3.12. The molecule has 3 N–H and O–H groups in total. The summed E-state index contributed by atoms with van der Waals surface area (Å²) in [6.45, 7) is 3.90. The van der Waals surface area contributed by atoms with Crippen molar-refractivity contribution >= 4 is 39.8 Å². The highest BCUT2D eigenvalue weighted by atomic mass is 35.5. The van der Waals surface area contributed by atoms with Crippen molar-refractivity contribution in [1.29, 1.82) is 0 Å². The highest BCUT2D eigenvalue weighted by molar-refractivity contribution is 7.17. The Morgan fingerprint density at radius 2 is 2.19 bits per heavy atom. The number of carbonyl (C=O) groups excluding carboxylic acids is 2. The summed E-state index contributed by atoms with van der Waals surface area (Å²) >= 11 is 7.42. The summed E-state index contributed by atoms with van der Waals surface area (Å²) in [5.74, 6) is 0.312. The van der Waals surface area contributed by atoms with Gasteiger partial charge in [-0.3, -0.25) is 9.59 Å². The summed E-state index contributed by atoms with van der Waals surface area (Å²) in [4.78, 5) is 25.3. The molecular weight excluding hydrogens is 372 g/mol. The predicted molar refractivity (Wildman–Crippen MR) is 104 cm³/mol. The van der Waals surface area contributed by atoms with Gasteiger partial charge in [-0.15, -0.1) is 11.3 Å². The second-order valence-electron chi connectivity index (χ2n) is 6.67. The molecule has 1 aliphatic rings. The number of amides is 2. The van der Waals surface area contributed by atoms with Crippen molar-refractivity contribution in [3.63, 3.8) is 0 Å². The third-order valence-corrected chi connectivity index (χ3v) is 6.10.